The first kappa shape index (κ1) is 17.1. The summed E-state index contributed by atoms with van der Waals surface area (Å²) in [6, 6.07) is 5.07. The van der Waals surface area contributed by atoms with Gasteiger partial charge in [0, 0.05) is 11.6 Å². The van der Waals surface area contributed by atoms with Crippen molar-refractivity contribution in [1.29, 1.82) is 0 Å². The van der Waals surface area contributed by atoms with Gasteiger partial charge in [0.2, 0.25) is 5.54 Å². The molecule has 2 amide bonds. The zero-order chi connectivity index (χ0) is 16.3. The Hall–Kier alpha value is -1.96. The molecule has 5 nitrogen and oxygen atoms in total. The third kappa shape index (κ3) is 4.25. The molecule has 21 heavy (non-hydrogen) atoms. The second-order valence-electron chi connectivity index (χ2n) is 4.37. The monoisotopic (exact) mass is 324 g/mol. The number of alkyl halides is 3. The molecule has 1 unspecified atom stereocenters. The van der Waals surface area contributed by atoms with E-state index >= 15 is 0 Å². The van der Waals surface area contributed by atoms with Crippen LogP contribution >= 0.6 is 11.6 Å². The Balaban J connectivity index is 2.70. The lowest BCUT2D eigenvalue weighted by molar-refractivity contribution is -0.203. The number of amides is 2. The molecule has 3 N–H and O–H groups in total. The molecule has 0 radical (unpaired) electrons. The highest BCUT2D eigenvalue weighted by Gasteiger charge is 2.58. The van der Waals surface area contributed by atoms with Crippen LogP contribution in [0.5, 0.6) is 0 Å². The number of halogens is 4. The lowest BCUT2D eigenvalue weighted by Crippen LogP contribution is -2.63. The molecule has 0 aliphatic rings. The van der Waals surface area contributed by atoms with Crippen molar-refractivity contribution in [2.45, 2.75) is 25.2 Å². The van der Waals surface area contributed by atoms with Crippen LogP contribution in [0.3, 0.4) is 0 Å². The van der Waals surface area contributed by atoms with Gasteiger partial charge in [0.1, 0.15) is 0 Å². The van der Waals surface area contributed by atoms with E-state index in [1.54, 1.807) is 18.2 Å². The number of nitrogens with one attached hydrogen (secondary N) is 2. The van der Waals surface area contributed by atoms with Crippen molar-refractivity contribution in [2.75, 3.05) is 0 Å². The number of carbonyl (C=O) groups is 2. The largest absolute Gasteiger partial charge is 0.479 e. The average Bonchev–Trinajstić information content (AvgIpc) is 2.34. The van der Waals surface area contributed by atoms with Crippen LogP contribution in [0.4, 0.5) is 18.0 Å². The Kier molecular flexibility index (Phi) is 5.06. The Morgan fingerprint density at radius 1 is 1.33 bits per heavy atom. The van der Waals surface area contributed by atoms with E-state index in [2.05, 4.69) is 5.32 Å². The maximum atomic E-state index is 12.7. The fourth-order valence-corrected chi connectivity index (χ4v) is 1.56. The van der Waals surface area contributed by atoms with E-state index < -0.39 is 23.7 Å². The van der Waals surface area contributed by atoms with Gasteiger partial charge in [-0.3, -0.25) is 0 Å². The van der Waals surface area contributed by atoms with Crippen molar-refractivity contribution in [3.05, 3.63) is 34.9 Å². The van der Waals surface area contributed by atoms with Gasteiger partial charge in [-0.1, -0.05) is 23.7 Å². The number of carbonyl (C=O) groups excluding carboxylic acids is 1. The Labute approximate surface area is 123 Å². The van der Waals surface area contributed by atoms with Gasteiger partial charge in [0.05, 0.1) is 0 Å². The quantitative estimate of drug-likeness (QED) is 0.796. The molecule has 0 aliphatic heterocycles. The molecule has 9 heteroatoms. The molecule has 0 saturated carbocycles. The summed E-state index contributed by atoms with van der Waals surface area (Å²) in [4.78, 5) is 22.2. The molecule has 1 aromatic carbocycles. The molecule has 1 rings (SSSR count). The molecule has 116 valence electrons. The van der Waals surface area contributed by atoms with Crippen LogP contribution in [0.15, 0.2) is 24.3 Å². The van der Waals surface area contributed by atoms with Crippen molar-refractivity contribution in [3.8, 4) is 0 Å². The lowest BCUT2D eigenvalue weighted by Gasteiger charge is -2.28. The fourth-order valence-electron chi connectivity index (χ4n) is 1.35. The minimum atomic E-state index is -5.13. The summed E-state index contributed by atoms with van der Waals surface area (Å²) in [7, 11) is 0. The summed E-state index contributed by atoms with van der Waals surface area (Å²) in [5.41, 5.74) is -2.81. The lowest BCUT2D eigenvalue weighted by atomic mass is 10.0. The molecule has 0 aliphatic carbocycles. The zero-order valence-electron chi connectivity index (χ0n) is 10.8. The number of rotatable bonds is 4. The van der Waals surface area contributed by atoms with Crippen LogP contribution in [0, 0.1) is 0 Å². The second-order valence-corrected chi connectivity index (χ2v) is 4.80. The highest BCUT2D eigenvalue weighted by Crippen LogP contribution is 2.30. The summed E-state index contributed by atoms with van der Waals surface area (Å²) in [5.74, 6) is -2.20. The zero-order valence-corrected chi connectivity index (χ0v) is 11.5. The minimum absolute atomic E-state index is 0.0973. The number of carboxylic acid groups (broad SMARTS) is 1. The van der Waals surface area contributed by atoms with Gasteiger partial charge in [0.25, 0.3) is 0 Å². The molecule has 0 saturated heterocycles. The van der Waals surface area contributed by atoms with Gasteiger partial charge in [-0.25, -0.2) is 9.59 Å². The van der Waals surface area contributed by atoms with Crippen molar-refractivity contribution in [3.63, 3.8) is 0 Å². The van der Waals surface area contributed by atoms with Gasteiger partial charge >= 0.3 is 18.2 Å². The second kappa shape index (κ2) is 6.21. The number of benzene rings is 1. The van der Waals surface area contributed by atoms with Gasteiger partial charge in [-0.15, -0.1) is 0 Å². The normalized spacial score (nSPS) is 14.1. The van der Waals surface area contributed by atoms with Gasteiger partial charge < -0.3 is 15.7 Å². The van der Waals surface area contributed by atoms with E-state index in [0.29, 0.717) is 17.5 Å². The highest BCUT2D eigenvalue weighted by molar-refractivity contribution is 6.30. The van der Waals surface area contributed by atoms with E-state index in [0.717, 1.165) is 0 Å². The highest BCUT2D eigenvalue weighted by atomic mass is 35.5. The van der Waals surface area contributed by atoms with E-state index in [-0.39, 0.29) is 6.54 Å². The number of urea groups is 1. The maximum Gasteiger partial charge on any atom is 0.422 e. The smallest absolute Gasteiger partial charge is 0.422 e. The molecule has 0 bridgehead atoms. The van der Waals surface area contributed by atoms with Crippen LogP contribution < -0.4 is 10.6 Å². The third-order valence-corrected chi connectivity index (χ3v) is 2.94. The van der Waals surface area contributed by atoms with E-state index in [1.165, 1.54) is 11.4 Å². The standard InChI is InChI=1S/C12H12ClF3N2O3/c1-11(9(19)20,12(14,15)16)18-10(21)17-6-7-3-2-4-8(13)5-7/h2-5H,6H2,1H3,(H,19,20)(H2,17,18,21). The first-order valence-electron chi connectivity index (χ1n) is 5.67. The van der Waals surface area contributed by atoms with Crippen LogP contribution in [0.25, 0.3) is 0 Å². The first-order valence-corrected chi connectivity index (χ1v) is 6.04. The number of carboxylic acids is 1. The number of hydrogen-bond acceptors (Lipinski definition) is 2. The van der Waals surface area contributed by atoms with Crippen molar-refractivity contribution in [1.82, 2.24) is 10.6 Å². The first-order chi connectivity index (χ1) is 9.56. The number of hydrogen-bond donors (Lipinski definition) is 3. The topological polar surface area (TPSA) is 78.4 Å². The van der Waals surface area contributed by atoms with Gasteiger partial charge in [-0.05, 0) is 24.6 Å². The summed E-state index contributed by atoms with van der Waals surface area (Å²) >= 11 is 5.71. The predicted octanol–water partition coefficient (Wildman–Crippen LogP) is 2.54. The van der Waals surface area contributed by atoms with Crippen LogP contribution in [-0.2, 0) is 11.3 Å². The van der Waals surface area contributed by atoms with Crippen LogP contribution in [-0.4, -0.2) is 28.8 Å². The van der Waals surface area contributed by atoms with Crippen LogP contribution in [0.2, 0.25) is 5.02 Å². The van der Waals surface area contributed by atoms with Crippen molar-refractivity contribution >= 4 is 23.6 Å². The molecule has 0 spiro atoms. The maximum absolute atomic E-state index is 12.7. The molecule has 0 heterocycles. The third-order valence-electron chi connectivity index (χ3n) is 2.70. The summed E-state index contributed by atoms with van der Waals surface area (Å²) in [6.45, 7) is 0.272. The number of aliphatic carboxylic acids is 1. The Morgan fingerprint density at radius 2 is 1.95 bits per heavy atom. The molecular formula is C12H12ClF3N2O3. The van der Waals surface area contributed by atoms with Gasteiger partial charge in [-0.2, -0.15) is 13.2 Å². The molecule has 1 atom stereocenters. The molecule has 0 fully saturated rings. The fraction of sp³-hybridized carbons (Fsp3) is 0.333. The predicted molar refractivity (Wildman–Crippen MR) is 68.9 cm³/mol. The molecule has 1 aromatic rings. The molecule has 0 aromatic heterocycles. The minimum Gasteiger partial charge on any atom is -0.479 e. The summed E-state index contributed by atoms with van der Waals surface area (Å²) in [5, 5.41) is 12.6. The Bertz CT molecular complexity index is 551. The SMILES string of the molecule is CC(NC(=O)NCc1cccc(Cl)c1)(C(=O)O)C(F)(F)F. The van der Waals surface area contributed by atoms with Crippen molar-refractivity contribution in [2.24, 2.45) is 0 Å². The Morgan fingerprint density at radius 3 is 2.43 bits per heavy atom. The van der Waals surface area contributed by atoms with Crippen molar-refractivity contribution < 1.29 is 27.9 Å². The molecular weight excluding hydrogens is 313 g/mol. The van der Waals surface area contributed by atoms with Crippen LogP contribution in [0.1, 0.15) is 12.5 Å². The van der Waals surface area contributed by atoms with E-state index in [4.69, 9.17) is 16.7 Å². The van der Waals surface area contributed by atoms with E-state index in [9.17, 15) is 22.8 Å². The average molecular weight is 325 g/mol. The summed E-state index contributed by atoms with van der Waals surface area (Å²) < 4.78 is 38.1. The summed E-state index contributed by atoms with van der Waals surface area (Å²) in [6.07, 6.45) is -5.13. The van der Waals surface area contributed by atoms with E-state index in [1.807, 2.05) is 0 Å². The van der Waals surface area contributed by atoms with Gasteiger partial charge in [0.15, 0.2) is 0 Å².